The van der Waals surface area contributed by atoms with Crippen molar-refractivity contribution < 1.29 is 13.0 Å². The summed E-state index contributed by atoms with van der Waals surface area (Å²) in [6.07, 6.45) is 0. The van der Waals surface area contributed by atoms with Gasteiger partial charge in [0.25, 0.3) is 10.1 Å². The molecule has 0 heterocycles. The second kappa shape index (κ2) is 5.23. The Morgan fingerprint density at radius 2 is 1.57 bits per heavy atom. The molecule has 0 aliphatic rings. The maximum atomic E-state index is 10.5. The summed E-state index contributed by atoms with van der Waals surface area (Å²) in [4.78, 5) is 1.43. The molecular formula is C7H8N3O3S-. The number of hydrogen-bond acceptors (Lipinski definition) is 2. The van der Waals surface area contributed by atoms with Crippen molar-refractivity contribution in [2.24, 2.45) is 0 Å². The third-order valence-corrected chi connectivity index (χ3v) is 2.19. The number of rotatable bonds is 1. The van der Waals surface area contributed by atoms with Crippen molar-refractivity contribution in [1.82, 2.24) is 0 Å². The molecule has 0 atom stereocenters. The van der Waals surface area contributed by atoms with Gasteiger partial charge in [-0.2, -0.15) is 8.42 Å². The molecule has 7 heteroatoms. The molecule has 0 unspecified atom stereocenters. The van der Waals surface area contributed by atoms with Gasteiger partial charge < -0.3 is 11.1 Å². The Morgan fingerprint density at radius 3 is 1.86 bits per heavy atom. The van der Waals surface area contributed by atoms with Crippen molar-refractivity contribution >= 4 is 10.1 Å². The first kappa shape index (κ1) is 12.4. The minimum absolute atomic E-state index is 0.0666. The van der Waals surface area contributed by atoms with Crippen LogP contribution in [0.25, 0.3) is 16.0 Å². The van der Waals surface area contributed by atoms with Crippen LogP contribution in [0.1, 0.15) is 5.56 Å². The third-order valence-electron chi connectivity index (χ3n) is 1.32. The molecule has 0 spiro atoms. The Labute approximate surface area is 81.4 Å². The molecule has 1 N–H and O–H groups in total. The number of nitrogens with zero attached hydrogens (tertiary/aromatic N) is 3. The maximum Gasteiger partial charge on any atom is 0.294 e. The highest BCUT2D eigenvalue weighted by Crippen LogP contribution is 2.08. The van der Waals surface area contributed by atoms with Crippen LogP contribution in [0.3, 0.4) is 0 Å². The fraction of sp³-hybridized carbons (Fsp3) is 0.143. The zero-order chi connectivity index (χ0) is 11.2. The Kier molecular flexibility index (Phi) is 4.65. The van der Waals surface area contributed by atoms with Crippen molar-refractivity contribution in [1.29, 1.82) is 0 Å². The molecule has 0 amide bonds. The minimum atomic E-state index is -4.02. The lowest BCUT2D eigenvalue weighted by molar-refractivity contribution is 0.483. The molecular weight excluding hydrogens is 206 g/mol. The van der Waals surface area contributed by atoms with Gasteiger partial charge in [-0.25, -0.2) is 0 Å². The van der Waals surface area contributed by atoms with Gasteiger partial charge in [-0.1, -0.05) is 17.7 Å². The fourth-order valence-corrected chi connectivity index (χ4v) is 1.19. The van der Waals surface area contributed by atoms with Crippen LogP contribution >= 0.6 is 0 Å². The number of benzene rings is 1. The second-order valence-corrected chi connectivity index (χ2v) is 3.80. The predicted octanol–water partition coefficient (Wildman–Crippen LogP) is 2.11. The lowest BCUT2D eigenvalue weighted by atomic mass is 10.2. The summed E-state index contributed by atoms with van der Waals surface area (Å²) in [6.45, 7) is 1.84. The average Bonchev–Trinajstić information content (AvgIpc) is 2.04. The molecule has 1 aromatic carbocycles. The van der Waals surface area contributed by atoms with E-state index in [-0.39, 0.29) is 4.90 Å². The quantitative estimate of drug-likeness (QED) is 0.334. The summed E-state index contributed by atoms with van der Waals surface area (Å²) in [5.74, 6) is 0. The standard InChI is InChI=1S/C7H8O3S.N3/c1-6-2-4-7(5-3-6)11(8,9)10;1-3-2/h2-5H,1H3,(H,8,9,10);/q;-1. The van der Waals surface area contributed by atoms with Gasteiger partial charge in [0.05, 0.1) is 4.90 Å². The average molecular weight is 214 g/mol. The van der Waals surface area contributed by atoms with Gasteiger partial charge in [0.2, 0.25) is 0 Å². The van der Waals surface area contributed by atoms with Crippen molar-refractivity contribution in [3.8, 4) is 0 Å². The van der Waals surface area contributed by atoms with E-state index in [1.165, 1.54) is 17.0 Å². The molecule has 0 aliphatic carbocycles. The van der Waals surface area contributed by atoms with Gasteiger partial charge >= 0.3 is 0 Å². The summed E-state index contributed by atoms with van der Waals surface area (Å²) in [6, 6.07) is 5.99. The van der Waals surface area contributed by atoms with E-state index in [9.17, 15) is 8.42 Å². The summed E-state index contributed by atoms with van der Waals surface area (Å²) in [5, 5.41) is 0. The van der Waals surface area contributed by atoms with Crippen molar-refractivity contribution in [2.75, 3.05) is 0 Å². The van der Waals surface area contributed by atoms with E-state index < -0.39 is 10.1 Å². The van der Waals surface area contributed by atoms with Crippen molar-refractivity contribution in [3.63, 3.8) is 0 Å². The molecule has 76 valence electrons. The Morgan fingerprint density at radius 1 is 1.21 bits per heavy atom. The fourth-order valence-electron chi connectivity index (χ4n) is 0.710. The van der Waals surface area contributed by atoms with Crippen molar-refractivity contribution in [3.05, 3.63) is 45.8 Å². The highest BCUT2D eigenvalue weighted by Gasteiger charge is 2.06. The molecule has 1 aromatic rings. The zero-order valence-corrected chi connectivity index (χ0v) is 8.14. The second-order valence-electron chi connectivity index (χ2n) is 2.38. The molecule has 0 aromatic heterocycles. The SMILES string of the molecule is Cc1ccc(S(=O)(=O)O)cc1.[N-]=[N+]=[N-]. The molecule has 0 bridgehead atoms. The molecule has 0 aliphatic heterocycles. The third kappa shape index (κ3) is 4.46. The van der Waals surface area contributed by atoms with E-state index >= 15 is 0 Å². The number of hydrogen-bond donors (Lipinski definition) is 1. The van der Waals surface area contributed by atoms with E-state index in [1.807, 2.05) is 6.92 Å². The summed E-state index contributed by atoms with van der Waals surface area (Å²) >= 11 is 0. The van der Waals surface area contributed by atoms with E-state index in [0.29, 0.717) is 0 Å². The topological polar surface area (TPSA) is 113 Å². The van der Waals surface area contributed by atoms with Crippen molar-refractivity contribution in [2.45, 2.75) is 11.8 Å². The van der Waals surface area contributed by atoms with Crippen LogP contribution in [-0.4, -0.2) is 13.0 Å². The van der Waals surface area contributed by atoms with Gasteiger partial charge in [0, 0.05) is 0 Å². The highest BCUT2D eigenvalue weighted by atomic mass is 32.2. The Balaban J connectivity index is 0.000000500. The molecule has 1 rings (SSSR count). The van der Waals surface area contributed by atoms with Crippen LogP contribution in [0.2, 0.25) is 0 Å². The van der Waals surface area contributed by atoms with Gasteiger partial charge in [-0.15, -0.1) is 0 Å². The zero-order valence-electron chi connectivity index (χ0n) is 7.32. The molecule has 0 saturated heterocycles. The first-order chi connectivity index (χ1) is 6.41. The molecule has 0 radical (unpaired) electrons. The highest BCUT2D eigenvalue weighted by molar-refractivity contribution is 7.85. The van der Waals surface area contributed by atoms with Gasteiger partial charge in [0.15, 0.2) is 0 Å². The van der Waals surface area contributed by atoms with Crippen LogP contribution < -0.4 is 0 Å². The van der Waals surface area contributed by atoms with E-state index in [1.54, 1.807) is 12.1 Å². The number of aryl methyl sites for hydroxylation is 1. The Bertz CT molecular complexity index is 418. The molecule has 0 fully saturated rings. The normalized spacial score (nSPS) is 9.57. The van der Waals surface area contributed by atoms with Crippen LogP contribution in [0.5, 0.6) is 0 Å². The van der Waals surface area contributed by atoms with Crippen LogP contribution in [-0.2, 0) is 10.1 Å². The van der Waals surface area contributed by atoms with Crippen LogP contribution in [0, 0.1) is 6.92 Å². The van der Waals surface area contributed by atoms with E-state index in [2.05, 4.69) is 0 Å². The van der Waals surface area contributed by atoms with Crippen LogP contribution in [0.4, 0.5) is 0 Å². The predicted molar refractivity (Wildman–Crippen MR) is 51.1 cm³/mol. The summed E-state index contributed by atoms with van der Waals surface area (Å²) in [5.41, 5.74) is 14.5. The first-order valence-electron chi connectivity index (χ1n) is 3.44. The molecule has 0 saturated carbocycles. The first-order valence-corrected chi connectivity index (χ1v) is 4.88. The largest absolute Gasteiger partial charge is 0.373 e. The lowest BCUT2D eigenvalue weighted by Crippen LogP contribution is -1.96. The van der Waals surface area contributed by atoms with Crippen LogP contribution in [0.15, 0.2) is 29.2 Å². The van der Waals surface area contributed by atoms with E-state index in [4.69, 9.17) is 15.6 Å². The van der Waals surface area contributed by atoms with Gasteiger partial charge in [-0.05, 0) is 19.1 Å². The monoisotopic (exact) mass is 214 g/mol. The Hall–Kier alpha value is -1.56. The molecule has 6 nitrogen and oxygen atoms in total. The van der Waals surface area contributed by atoms with Gasteiger partial charge in [0.1, 0.15) is 0 Å². The summed E-state index contributed by atoms with van der Waals surface area (Å²) in [7, 11) is -4.02. The maximum absolute atomic E-state index is 10.5. The van der Waals surface area contributed by atoms with Gasteiger partial charge in [-0.3, -0.25) is 9.46 Å². The van der Waals surface area contributed by atoms with E-state index in [0.717, 1.165) is 5.56 Å². The lowest BCUT2D eigenvalue weighted by Gasteiger charge is -1.95. The molecule has 14 heavy (non-hydrogen) atoms. The minimum Gasteiger partial charge on any atom is -0.373 e. The summed E-state index contributed by atoms with van der Waals surface area (Å²) < 4.78 is 29.6. The smallest absolute Gasteiger partial charge is 0.294 e.